The van der Waals surface area contributed by atoms with Crippen molar-refractivity contribution in [1.29, 1.82) is 0 Å². The molecule has 0 aromatic heterocycles. The highest BCUT2D eigenvalue weighted by atomic mass is 16.6. The van der Waals surface area contributed by atoms with Gasteiger partial charge in [-0.2, -0.15) is 0 Å². The number of hydrogen-bond donors (Lipinski definition) is 0. The molecule has 20 heavy (non-hydrogen) atoms. The van der Waals surface area contributed by atoms with Crippen LogP contribution in [-0.4, -0.2) is 31.1 Å². The fourth-order valence-electron chi connectivity index (χ4n) is 2.74. The first kappa shape index (κ1) is 14.3. The van der Waals surface area contributed by atoms with Crippen molar-refractivity contribution in [2.75, 3.05) is 25.1 Å². The van der Waals surface area contributed by atoms with Gasteiger partial charge in [-0.1, -0.05) is 12.1 Å². The molecule has 2 rings (SSSR count). The van der Waals surface area contributed by atoms with Crippen molar-refractivity contribution in [3.8, 4) is 0 Å². The number of piperidine rings is 1. The van der Waals surface area contributed by atoms with Crippen LogP contribution < -0.4 is 4.90 Å². The van der Waals surface area contributed by atoms with Gasteiger partial charge in [-0.15, -0.1) is 0 Å². The zero-order valence-electron chi connectivity index (χ0n) is 11.7. The van der Waals surface area contributed by atoms with E-state index in [-0.39, 0.29) is 22.5 Å². The molecule has 1 atom stereocenters. The van der Waals surface area contributed by atoms with E-state index in [4.69, 9.17) is 4.74 Å². The van der Waals surface area contributed by atoms with Crippen LogP contribution in [0.1, 0.15) is 18.4 Å². The molecule has 108 valence electrons. The number of nitrogens with zero attached hydrogens (tertiary/aromatic N) is 2. The number of carbonyl (C=O) groups is 1. The second-order valence-electron chi connectivity index (χ2n) is 5.01. The van der Waals surface area contributed by atoms with Crippen molar-refractivity contribution in [2.45, 2.75) is 19.8 Å². The Morgan fingerprint density at radius 3 is 2.90 bits per heavy atom. The predicted molar refractivity (Wildman–Crippen MR) is 74.8 cm³/mol. The van der Waals surface area contributed by atoms with E-state index in [1.807, 2.05) is 17.9 Å². The third kappa shape index (κ3) is 2.74. The summed E-state index contributed by atoms with van der Waals surface area (Å²) in [7, 11) is 1.37. The Morgan fingerprint density at radius 1 is 1.50 bits per heavy atom. The van der Waals surface area contributed by atoms with Gasteiger partial charge in [0.05, 0.1) is 18.0 Å². The molecule has 0 radical (unpaired) electrons. The molecule has 1 aromatic rings. The summed E-state index contributed by atoms with van der Waals surface area (Å²) in [5.74, 6) is -0.459. The summed E-state index contributed by atoms with van der Waals surface area (Å²) in [6.07, 6.45) is 1.59. The number of nitro groups is 1. The molecule has 0 bridgehead atoms. The number of esters is 1. The third-order valence-electron chi connectivity index (χ3n) is 3.69. The molecule has 1 aliphatic rings. The van der Waals surface area contributed by atoms with E-state index in [1.54, 1.807) is 6.07 Å². The quantitative estimate of drug-likeness (QED) is 0.482. The summed E-state index contributed by atoms with van der Waals surface area (Å²) in [6.45, 7) is 3.04. The number of methoxy groups -OCH3 is 1. The summed E-state index contributed by atoms with van der Waals surface area (Å²) in [6, 6.07) is 5.03. The van der Waals surface area contributed by atoms with Crippen LogP contribution in [0.5, 0.6) is 0 Å². The molecule has 0 spiro atoms. The Hall–Kier alpha value is -2.11. The highest BCUT2D eigenvalue weighted by Gasteiger charge is 2.30. The molecule has 1 saturated heterocycles. The van der Waals surface area contributed by atoms with E-state index in [1.165, 1.54) is 13.2 Å². The average molecular weight is 278 g/mol. The zero-order valence-corrected chi connectivity index (χ0v) is 11.7. The molecule has 1 fully saturated rings. The minimum atomic E-state index is -0.371. The fourth-order valence-corrected chi connectivity index (χ4v) is 2.74. The maximum absolute atomic E-state index is 11.7. The first-order valence-electron chi connectivity index (χ1n) is 6.61. The lowest BCUT2D eigenvalue weighted by Gasteiger charge is -2.33. The van der Waals surface area contributed by atoms with Crippen molar-refractivity contribution >= 4 is 17.3 Å². The molecule has 0 aliphatic carbocycles. The average Bonchev–Trinajstić information content (AvgIpc) is 2.46. The number of carbonyl (C=O) groups excluding carboxylic acids is 1. The fraction of sp³-hybridized carbons (Fsp3) is 0.500. The molecule has 6 heteroatoms. The Bertz CT molecular complexity index is 530. The Balaban J connectivity index is 2.31. The minimum absolute atomic E-state index is 0.0931. The maximum atomic E-state index is 11.7. The molecular formula is C14H18N2O4. The van der Waals surface area contributed by atoms with Gasteiger partial charge in [0.2, 0.25) is 0 Å². The maximum Gasteiger partial charge on any atom is 0.310 e. The number of hydrogen-bond acceptors (Lipinski definition) is 5. The normalized spacial score (nSPS) is 18.7. The SMILES string of the molecule is COC(=O)C1CCCN(c2c(C)cccc2[N+](=O)[O-])C1. The molecule has 1 heterocycles. The van der Waals surface area contributed by atoms with Crippen molar-refractivity contribution in [3.05, 3.63) is 33.9 Å². The molecule has 0 amide bonds. The van der Waals surface area contributed by atoms with Crippen LogP contribution in [-0.2, 0) is 9.53 Å². The van der Waals surface area contributed by atoms with Gasteiger partial charge in [0.1, 0.15) is 5.69 Å². The standard InChI is InChI=1S/C14H18N2O4/c1-10-5-3-7-12(16(18)19)13(10)15-8-4-6-11(9-15)14(17)20-2/h3,5,7,11H,4,6,8-9H2,1-2H3. The monoisotopic (exact) mass is 278 g/mol. The van der Waals surface area contributed by atoms with Gasteiger partial charge in [-0.25, -0.2) is 0 Å². The van der Waals surface area contributed by atoms with Gasteiger partial charge in [0.15, 0.2) is 0 Å². The van der Waals surface area contributed by atoms with Crippen molar-refractivity contribution in [3.63, 3.8) is 0 Å². The van der Waals surface area contributed by atoms with Crippen molar-refractivity contribution in [1.82, 2.24) is 0 Å². The molecule has 1 unspecified atom stereocenters. The molecule has 0 N–H and O–H groups in total. The van der Waals surface area contributed by atoms with Crippen LogP contribution in [0.25, 0.3) is 0 Å². The van der Waals surface area contributed by atoms with Gasteiger partial charge in [-0.05, 0) is 25.3 Å². The van der Waals surface area contributed by atoms with Crippen LogP contribution in [0.3, 0.4) is 0 Å². The van der Waals surface area contributed by atoms with E-state index in [2.05, 4.69) is 0 Å². The first-order valence-corrected chi connectivity index (χ1v) is 6.61. The molecule has 1 aromatic carbocycles. The van der Waals surface area contributed by atoms with Crippen LogP contribution in [0.2, 0.25) is 0 Å². The third-order valence-corrected chi connectivity index (χ3v) is 3.69. The number of nitro benzene ring substituents is 1. The highest BCUT2D eigenvalue weighted by Crippen LogP contribution is 2.34. The molecule has 6 nitrogen and oxygen atoms in total. The summed E-state index contributed by atoms with van der Waals surface area (Å²) in [4.78, 5) is 24.4. The highest BCUT2D eigenvalue weighted by molar-refractivity contribution is 5.75. The summed E-state index contributed by atoms with van der Waals surface area (Å²) >= 11 is 0. The van der Waals surface area contributed by atoms with Crippen molar-refractivity contribution in [2.24, 2.45) is 5.92 Å². The second kappa shape index (κ2) is 5.90. The zero-order chi connectivity index (χ0) is 14.7. The number of rotatable bonds is 3. The first-order chi connectivity index (χ1) is 9.54. The lowest BCUT2D eigenvalue weighted by Crippen LogP contribution is -2.39. The Morgan fingerprint density at radius 2 is 2.25 bits per heavy atom. The number of benzene rings is 1. The molecule has 1 aliphatic heterocycles. The van der Waals surface area contributed by atoms with Crippen LogP contribution in [0.4, 0.5) is 11.4 Å². The number of aryl methyl sites for hydroxylation is 1. The van der Waals surface area contributed by atoms with Gasteiger partial charge in [-0.3, -0.25) is 14.9 Å². The van der Waals surface area contributed by atoms with Crippen molar-refractivity contribution < 1.29 is 14.5 Å². The number of para-hydroxylation sites is 1. The number of ether oxygens (including phenoxy) is 1. The minimum Gasteiger partial charge on any atom is -0.469 e. The number of anilines is 1. The van der Waals surface area contributed by atoms with Gasteiger partial charge >= 0.3 is 5.97 Å². The van der Waals surface area contributed by atoms with E-state index in [0.717, 1.165) is 24.9 Å². The van der Waals surface area contributed by atoms with E-state index < -0.39 is 0 Å². The second-order valence-corrected chi connectivity index (χ2v) is 5.01. The van der Waals surface area contributed by atoms with E-state index >= 15 is 0 Å². The molecule has 0 saturated carbocycles. The van der Waals surface area contributed by atoms with Gasteiger partial charge < -0.3 is 9.64 Å². The smallest absolute Gasteiger partial charge is 0.310 e. The Kier molecular flexibility index (Phi) is 4.22. The van der Waals surface area contributed by atoms with Crippen LogP contribution >= 0.6 is 0 Å². The lowest BCUT2D eigenvalue weighted by atomic mass is 9.96. The Labute approximate surface area is 117 Å². The van der Waals surface area contributed by atoms with Crippen LogP contribution in [0, 0.1) is 23.0 Å². The summed E-state index contributed by atoms with van der Waals surface area (Å²) in [5, 5.41) is 11.2. The topological polar surface area (TPSA) is 72.7 Å². The molecular weight excluding hydrogens is 260 g/mol. The lowest BCUT2D eigenvalue weighted by molar-refractivity contribution is -0.384. The van der Waals surface area contributed by atoms with Gasteiger partial charge in [0, 0.05) is 19.2 Å². The van der Waals surface area contributed by atoms with Crippen LogP contribution in [0.15, 0.2) is 18.2 Å². The predicted octanol–water partition coefficient (Wildman–Crippen LogP) is 2.29. The van der Waals surface area contributed by atoms with Gasteiger partial charge in [0.25, 0.3) is 5.69 Å². The summed E-state index contributed by atoms with van der Waals surface area (Å²) in [5.41, 5.74) is 1.56. The largest absolute Gasteiger partial charge is 0.469 e. The summed E-state index contributed by atoms with van der Waals surface area (Å²) < 4.78 is 4.78. The van der Waals surface area contributed by atoms with E-state index in [0.29, 0.717) is 12.2 Å². The van der Waals surface area contributed by atoms with E-state index in [9.17, 15) is 14.9 Å².